The van der Waals surface area contributed by atoms with Gasteiger partial charge in [-0.15, -0.1) is 0 Å². The molecule has 0 spiro atoms. The van der Waals surface area contributed by atoms with Crippen molar-refractivity contribution in [3.05, 3.63) is 102 Å². The monoisotopic (exact) mass is 410 g/mol. The number of phenolic OH excluding ortho intramolecular Hbond substituents is 1. The Kier molecular flexibility index (Phi) is 5.61. The highest BCUT2D eigenvalue weighted by Crippen LogP contribution is 2.37. The molecule has 1 atom stereocenters. The van der Waals surface area contributed by atoms with Crippen molar-refractivity contribution in [1.29, 1.82) is 0 Å². The third kappa shape index (κ3) is 4.15. The van der Waals surface area contributed by atoms with E-state index >= 15 is 0 Å². The molecule has 5 heteroatoms. The molecule has 1 aliphatic rings. The van der Waals surface area contributed by atoms with Crippen LogP contribution in [0.5, 0.6) is 5.75 Å². The second-order valence-corrected chi connectivity index (χ2v) is 8.03. The molecule has 1 saturated heterocycles. The van der Waals surface area contributed by atoms with Crippen molar-refractivity contribution in [1.82, 2.24) is 19.8 Å². The molecule has 1 N–H and O–H groups in total. The number of rotatable bonds is 5. The highest BCUT2D eigenvalue weighted by Gasteiger charge is 2.29. The lowest BCUT2D eigenvalue weighted by Crippen LogP contribution is -2.47. The highest BCUT2D eigenvalue weighted by molar-refractivity contribution is 5.85. The van der Waals surface area contributed by atoms with Crippen LogP contribution in [0.15, 0.2) is 85.2 Å². The lowest BCUT2D eigenvalue weighted by Gasteiger charge is -2.39. The quantitative estimate of drug-likeness (QED) is 0.533. The number of hydrogen-bond acceptors (Lipinski definition) is 5. The van der Waals surface area contributed by atoms with Gasteiger partial charge < -0.3 is 5.11 Å². The fourth-order valence-corrected chi connectivity index (χ4v) is 4.47. The van der Waals surface area contributed by atoms with Crippen LogP contribution in [0.2, 0.25) is 0 Å². The van der Waals surface area contributed by atoms with Gasteiger partial charge in [0.05, 0.1) is 11.7 Å². The minimum atomic E-state index is -0.105. The Morgan fingerprint density at radius 1 is 0.774 bits per heavy atom. The van der Waals surface area contributed by atoms with E-state index in [9.17, 15) is 5.11 Å². The van der Waals surface area contributed by atoms with E-state index in [2.05, 4.69) is 50.1 Å². The normalized spacial score (nSPS) is 16.4. The van der Waals surface area contributed by atoms with E-state index < -0.39 is 0 Å². The molecule has 1 aliphatic heterocycles. The highest BCUT2D eigenvalue weighted by atomic mass is 16.3. The topological polar surface area (TPSA) is 52.5 Å². The molecule has 0 amide bonds. The molecule has 5 nitrogen and oxygen atoms in total. The summed E-state index contributed by atoms with van der Waals surface area (Å²) in [6, 6.07) is 24.4. The summed E-state index contributed by atoms with van der Waals surface area (Å²) in [6.07, 6.45) is 3.55. The lowest BCUT2D eigenvalue weighted by molar-refractivity contribution is 0.102. The molecule has 4 aromatic rings. The lowest BCUT2D eigenvalue weighted by atomic mass is 9.97. The minimum absolute atomic E-state index is 0.105. The molecular weight excluding hydrogens is 384 g/mol. The standard InChI is InChI=1S/C26H26N4O/c31-26-22(12-11-21-9-6-14-28-24(21)26)25(23-10-4-5-13-27-23)30-17-15-29(16-18-30)19-20-7-2-1-3-8-20/h1-14,25,31H,15-19H2/t25-/m1/s1. The summed E-state index contributed by atoms with van der Waals surface area (Å²) in [5.41, 5.74) is 3.80. The van der Waals surface area contributed by atoms with Crippen molar-refractivity contribution in [3.8, 4) is 5.75 Å². The smallest absolute Gasteiger partial charge is 0.146 e. The zero-order valence-corrected chi connectivity index (χ0v) is 17.4. The van der Waals surface area contributed by atoms with E-state index in [4.69, 9.17) is 0 Å². The number of fused-ring (bicyclic) bond motifs is 1. The number of pyridine rings is 2. The van der Waals surface area contributed by atoms with Crippen LogP contribution in [0.4, 0.5) is 0 Å². The van der Waals surface area contributed by atoms with Gasteiger partial charge in [-0.2, -0.15) is 0 Å². The number of hydrogen-bond donors (Lipinski definition) is 1. The van der Waals surface area contributed by atoms with Gasteiger partial charge in [-0.25, -0.2) is 0 Å². The first kappa shape index (κ1) is 19.7. The van der Waals surface area contributed by atoms with Crippen molar-refractivity contribution >= 4 is 10.9 Å². The van der Waals surface area contributed by atoms with Gasteiger partial charge in [0.2, 0.25) is 0 Å². The van der Waals surface area contributed by atoms with Crippen molar-refractivity contribution in [2.24, 2.45) is 0 Å². The second-order valence-electron chi connectivity index (χ2n) is 8.03. The van der Waals surface area contributed by atoms with Gasteiger partial charge in [-0.3, -0.25) is 19.8 Å². The average molecular weight is 411 g/mol. The van der Waals surface area contributed by atoms with Gasteiger partial charge in [0.25, 0.3) is 0 Å². The zero-order valence-electron chi connectivity index (χ0n) is 17.4. The van der Waals surface area contributed by atoms with Crippen LogP contribution >= 0.6 is 0 Å². The summed E-state index contributed by atoms with van der Waals surface area (Å²) in [7, 11) is 0. The van der Waals surface area contributed by atoms with Crippen molar-refractivity contribution in [2.45, 2.75) is 12.6 Å². The molecule has 3 heterocycles. The van der Waals surface area contributed by atoms with Crippen LogP contribution in [0.1, 0.15) is 22.9 Å². The third-order valence-corrected chi connectivity index (χ3v) is 6.06. The van der Waals surface area contributed by atoms with Crippen LogP contribution < -0.4 is 0 Å². The average Bonchev–Trinajstić information content (AvgIpc) is 2.83. The molecule has 2 aromatic carbocycles. The van der Waals surface area contributed by atoms with E-state index in [1.807, 2.05) is 48.7 Å². The number of piperazine rings is 1. The maximum absolute atomic E-state index is 11.1. The van der Waals surface area contributed by atoms with Crippen LogP contribution in [-0.4, -0.2) is 51.1 Å². The summed E-state index contributed by atoms with van der Waals surface area (Å²) in [6.45, 7) is 4.74. The van der Waals surface area contributed by atoms with Gasteiger partial charge in [0.15, 0.2) is 0 Å². The Hall–Kier alpha value is -3.28. The van der Waals surface area contributed by atoms with E-state index in [1.54, 1.807) is 6.20 Å². The molecule has 1 fully saturated rings. The molecule has 0 unspecified atom stereocenters. The number of aromatic nitrogens is 2. The Morgan fingerprint density at radius 3 is 2.32 bits per heavy atom. The van der Waals surface area contributed by atoms with Gasteiger partial charge in [-0.1, -0.05) is 54.6 Å². The Balaban J connectivity index is 1.43. The minimum Gasteiger partial charge on any atom is -0.505 e. The van der Waals surface area contributed by atoms with Crippen LogP contribution in [-0.2, 0) is 6.54 Å². The van der Waals surface area contributed by atoms with Gasteiger partial charge in [0, 0.05) is 56.1 Å². The van der Waals surface area contributed by atoms with Crippen molar-refractivity contribution in [3.63, 3.8) is 0 Å². The summed E-state index contributed by atoms with van der Waals surface area (Å²) >= 11 is 0. The predicted molar refractivity (Wildman–Crippen MR) is 123 cm³/mol. The molecular formula is C26H26N4O. The first-order valence-corrected chi connectivity index (χ1v) is 10.8. The molecule has 31 heavy (non-hydrogen) atoms. The van der Waals surface area contributed by atoms with Crippen LogP contribution in [0.3, 0.4) is 0 Å². The molecule has 0 bridgehead atoms. The van der Waals surface area contributed by atoms with Crippen LogP contribution in [0, 0.1) is 0 Å². The molecule has 156 valence electrons. The number of nitrogens with zero attached hydrogens (tertiary/aromatic N) is 4. The Morgan fingerprint density at radius 2 is 1.55 bits per heavy atom. The summed E-state index contributed by atoms with van der Waals surface area (Å²) < 4.78 is 0. The third-order valence-electron chi connectivity index (χ3n) is 6.06. The Bertz CT molecular complexity index is 1140. The molecule has 2 aromatic heterocycles. The fourth-order valence-electron chi connectivity index (χ4n) is 4.47. The van der Waals surface area contributed by atoms with Crippen LogP contribution in [0.25, 0.3) is 10.9 Å². The maximum Gasteiger partial charge on any atom is 0.146 e. The molecule has 0 aliphatic carbocycles. The number of aromatic hydroxyl groups is 1. The van der Waals surface area contributed by atoms with E-state index in [0.29, 0.717) is 5.52 Å². The van der Waals surface area contributed by atoms with Crippen molar-refractivity contribution in [2.75, 3.05) is 26.2 Å². The second kappa shape index (κ2) is 8.84. The van der Waals surface area contributed by atoms with E-state index in [1.165, 1.54) is 5.56 Å². The first-order chi connectivity index (χ1) is 15.3. The largest absolute Gasteiger partial charge is 0.505 e. The predicted octanol–water partition coefficient (Wildman–Crippen LogP) is 4.24. The van der Waals surface area contributed by atoms with E-state index in [-0.39, 0.29) is 11.8 Å². The Labute approximate surface area is 182 Å². The van der Waals surface area contributed by atoms with E-state index in [0.717, 1.165) is 49.4 Å². The van der Waals surface area contributed by atoms with Gasteiger partial charge in [0.1, 0.15) is 11.3 Å². The number of phenols is 1. The summed E-state index contributed by atoms with van der Waals surface area (Å²) in [4.78, 5) is 14.0. The maximum atomic E-state index is 11.1. The fraction of sp³-hybridized carbons (Fsp3) is 0.231. The summed E-state index contributed by atoms with van der Waals surface area (Å²) in [5, 5.41) is 12.1. The zero-order chi connectivity index (χ0) is 21.0. The van der Waals surface area contributed by atoms with Crippen molar-refractivity contribution < 1.29 is 5.11 Å². The number of benzene rings is 2. The summed E-state index contributed by atoms with van der Waals surface area (Å²) in [5.74, 6) is 0.250. The first-order valence-electron chi connectivity index (χ1n) is 10.8. The molecule has 5 rings (SSSR count). The molecule has 0 saturated carbocycles. The molecule has 0 radical (unpaired) electrons. The SMILES string of the molecule is Oc1c([C@H](c2ccccn2)N2CCN(Cc3ccccc3)CC2)ccc2cccnc12. The van der Waals surface area contributed by atoms with Gasteiger partial charge >= 0.3 is 0 Å². The van der Waals surface area contributed by atoms with Gasteiger partial charge in [-0.05, 0) is 23.8 Å².